The van der Waals surface area contributed by atoms with E-state index in [4.69, 9.17) is 4.74 Å². The molecule has 1 N–H and O–H groups in total. The third-order valence-electron chi connectivity index (χ3n) is 5.88. The average molecular weight is 343 g/mol. The molecule has 0 aromatic heterocycles. The van der Waals surface area contributed by atoms with Crippen LogP contribution in [-0.4, -0.2) is 6.09 Å². The second kappa shape index (κ2) is 5.87. The first-order valence-electron chi connectivity index (χ1n) is 9.33. The molecule has 3 nitrogen and oxygen atoms in total. The molecule has 0 bridgehead atoms. The van der Waals surface area contributed by atoms with Gasteiger partial charge in [-0.3, -0.25) is 5.32 Å². The van der Waals surface area contributed by atoms with Gasteiger partial charge in [0, 0.05) is 11.1 Å². The summed E-state index contributed by atoms with van der Waals surface area (Å²) in [6.07, 6.45) is 4.17. The number of anilines is 1. The van der Waals surface area contributed by atoms with Crippen LogP contribution in [-0.2, 0) is 10.3 Å². The third-order valence-corrected chi connectivity index (χ3v) is 5.88. The molecule has 5 rings (SSSR count). The lowest BCUT2D eigenvalue weighted by atomic mass is 9.71. The Balaban J connectivity index is 1.73. The molecule has 1 fully saturated rings. The normalized spacial score (nSPS) is 22.2. The van der Waals surface area contributed by atoms with Gasteiger partial charge in [0.05, 0.1) is 5.69 Å². The van der Waals surface area contributed by atoms with Crippen LogP contribution in [0.5, 0.6) is 0 Å². The minimum absolute atomic E-state index is 0.365. The highest BCUT2D eigenvalue weighted by atomic mass is 16.6. The van der Waals surface area contributed by atoms with Crippen molar-refractivity contribution in [2.24, 2.45) is 5.92 Å². The van der Waals surface area contributed by atoms with Gasteiger partial charge in [-0.15, -0.1) is 0 Å². The maximum Gasteiger partial charge on any atom is 0.412 e. The fourth-order valence-corrected chi connectivity index (χ4v) is 4.32. The minimum atomic E-state index is -0.714. The van der Waals surface area contributed by atoms with Gasteiger partial charge in [-0.25, -0.2) is 4.79 Å². The Labute approximate surface area is 153 Å². The van der Waals surface area contributed by atoms with Crippen LogP contribution in [0.2, 0.25) is 0 Å². The summed E-state index contributed by atoms with van der Waals surface area (Å²) in [5.41, 5.74) is 2.26. The predicted molar refractivity (Wildman–Crippen MR) is 103 cm³/mol. The van der Waals surface area contributed by atoms with E-state index < -0.39 is 5.60 Å². The van der Waals surface area contributed by atoms with Crippen molar-refractivity contribution in [1.82, 2.24) is 0 Å². The molecule has 1 aliphatic carbocycles. The van der Waals surface area contributed by atoms with E-state index in [0.717, 1.165) is 23.2 Å². The van der Waals surface area contributed by atoms with Crippen LogP contribution in [0.3, 0.4) is 0 Å². The van der Waals surface area contributed by atoms with Gasteiger partial charge >= 0.3 is 6.09 Å². The predicted octanol–water partition coefficient (Wildman–Crippen LogP) is 5.84. The van der Waals surface area contributed by atoms with Crippen molar-refractivity contribution in [1.29, 1.82) is 0 Å². The minimum Gasteiger partial charge on any atom is -0.433 e. The first-order valence-corrected chi connectivity index (χ1v) is 9.33. The lowest BCUT2D eigenvalue weighted by molar-refractivity contribution is 0.0139. The van der Waals surface area contributed by atoms with Gasteiger partial charge < -0.3 is 4.74 Å². The quantitative estimate of drug-likeness (QED) is 0.649. The number of hydrogen-bond donors (Lipinski definition) is 1. The van der Waals surface area contributed by atoms with E-state index in [9.17, 15) is 4.79 Å². The zero-order valence-electron chi connectivity index (χ0n) is 14.6. The van der Waals surface area contributed by atoms with E-state index in [1.54, 1.807) is 0 Å². The fraction of sp³-hybridized carbons (Fsp3) is 0.261. The first kappa shape index (κ1) is 15.4. The number of para-hydroxylation sites is 1. The summed E-state index contributed by atoms with van der Waals surface area (Å²) < 4.78 is 6.09. The van der Waals surface area contributed by atoms with Crippen molar-refractivity contribution in [2.75, 3.05) is 5.32 Å². The van der Waals surface area contributed by atoms with Gasteiger partial charge in [-0.1, -0.05) is 73.9 Å². The summed E-state index contributed by atoms with van der Waals surface area (Å²) in [5.74, 6) is 0.598. The Hall–Kier alpha value is -2.81. The molecular weight excluding hydrogens is 322 g/mol. The molecule has 1 amide bonds. The third kappa shape index (κ3) is 2.38. The molecule has 1 heterocycles. The summed E-state index contributed by atoms with van der Waals surface area (Å²) in [5, 5.41) is 5.24. The van der Waals surface area contributed by atoms with Crippen molar-refractivity contribution >= 4 is 22.6 Å². The zero-order chi connectivity index (χ0) is 17.6. The highest BCUT2D eigenvalue weighted by Gasteiger charge is 2.46. The number of ether oxygens (including phenoxy) is 1. The van der Waals surface area contributed by atoms with Crippen LogP contribution in [0.4, 0.5) is 10.5 Å². The number of cyclic esters (lactones) is 1. The molecule has 1 saturated carbocycles. The van der Waals surface area contributed by atoms with Crippen LogP contribution in [0.25, 0.3) is 10.8 Å². The maximum atomic E-state index is 12.4. The number of hydrogen-bond acceptors (Lipinski definition) is 2. The average Bonchev–Trinajstić information content (AvgIpc) is 2.64. The van der Waals surface area contributed by atoms with Crippen molar-refractivity contribution in [3.8, 4) is 0 Å². The highest BCUT2D eigenvalue weighted by Crippen LogP contribution is 2.49. The number of nitrogens with one attached hydrogen (secondary N) is 1. The molecule has 0 spiro atoms. The van der Waals surface area contributed by atoms with Crippen LogP contribution in [0.1, 0.15) is 36.8 Å². The second-order valence-electron chi connectivity index (χ2n) is 7.45. The number of benzene rings is 3. The van der Waals surface area contributed by atoms with E-state index in [-0.39, 0.29) is 6.09 Å². The number of carbonyl (C=O) groups excluding carboxylic acids is 1. The Morgan fingerprint density at radius 1 is 0.962 bits per heavy atom. The van der Waals surface area contributed by atoms with Gasteiger partial charge in [-0.05, 0) is 35.2 Å². The summed E-state index contributed by atoms with van der Waals surface area (Å²) >= 11 is 0. The molecule has 1 aliphatic heterocycles. The zero-order valence-corrected chi connectivity index (χ0v) is 14.6. The van der Waals surface area contributed by atoms with Crippen molar-refractivity contribution < 1.29 is 9.53 Å². The lowest BCUT2D eigenvalue weighted by Crippen LogP contribution is -2.42. The summed E-state index contributed by atoms with van der Waals surface area (Å²) in [6, 6.07) is 22.8. The SMILES string of the molecule is O=C1Nc2ccccc2C(CC2CCC2)(c2ccc3ccccc3c2)O1. The van der Waals surface area contributed by atoms with Crippen LogP contribution in [0, 0.1) is 5.92 Å². The Morgan fingerprint density at radius 2 is 1.73 bits per heavy atom. The molecule has 2 aliphatic rings. The molecule has 3 aromatic carbocycles. The number of fused-ring (bicyclic) bond motifs is 2. The first-order chi connectivity index (χ1) is 12.7. The molecular formula is C23H21NO2. The van der Waals surface area contributed by atoms with Gasteiger partial charge in [0.2, 0.25) is 0 Å². The number of rotatable bonds is 3. The summed E-state index contributed by atoms with van der Waals surface area (Å²) in [7, 11) is 0. The van der Waals surface area contributed by atoms with Crippen LogP contribution in [0.15, 0.2) is 66.7 Å². The van der Waals surface area contributed by atoms with E-state index in [2.05, 4.69) is 41.7 Å². The highest BCUT2D eigenvalue weighted by molar-refractivity contribution is 5.90. The van der Waals surface area contributed by atoms with Crippen molar-refractivity contribution in [3.05, 3.63) is 77.9 Å². The van der Waals surface area contributed by atoms with Crippen molar-refractivity contribution in [2.45, 2.75) is 31.3 Å². The van der Waals surface area contributed by atoms with E-state index in [1.807, 2.05) is 30.3 Å². The Kier molecular flexibility index (Phi) is 3.49. The standard InChI is InChI=1S/C23H21NO2/c25-22-24-21-11-4-3-10-20(21)23(26-22,15-16-6-5-7-16)19-13-12-17-8-1-2-9-18(17)14-19/h1-4,8-14,16H,5-7,15H2,(H,24,25). The Morgan fingerprint density at radius 3 is 2.54 bits per heavy atom. The monoisotopic (exact) mass is 343 g/mol. The van der Waals surface area contributed by atoms with E-state index >= 15 is 0 Å². The van der Waals surface area contributed by atoms with Gasteiger partial charge in [-0.2, -0.15) is 0 Å². The molecule has 130 valence electrons. The summed E-state index contributed by atoms with van der Waals surface area (Å²) in [6.45, 7) is 0. The largest absolute Gasteiger partial charge is 0.433 e. The smallest absolute Gasteiger partial charge is 0.412 e. The van der Waals surface area contributed by atoms with E-state index in [1.165, 1.54) is 30.0 Å². The van der Waals surface area contributed by atoms with Gasteiger partial charge in [0.1, 0.15) is 0 Å². The number of carbonyl (C=O) groups is 1. The Bertz CT molecular complexity index is 992. The molecule has 3 aromatic rings. The molecule has 26 heavy (non-hydrogen) atoms. The molecule has 1 unspecified atom stereocenters. The van der Waals surface area contributed by atoms with Gasteiger partial charge in [0.15, 0.2) is 5.60 Å². The van der Waals surface area contributed by atoms with E-state index in [0.29, 0.717) is 5.92 Å². The molecule has 1 atom stereocenters. The molecule has 0 saturated heterocycles. The fourth-order valence-electron chi connectivity index (χ4n) is 4.32. The topological polar surface area (TPSA) is 38.3 Å². The summed E-state index contributed by atoms with van der Waals surface area (Å²) in [4.78, 5) is 12.4. The maximum absolute atomic E-state index is 12.4. The molecule has 0 radical (unpaired) electrons. The number of amides is 1. The molecule has 3 heteroatoms. The van der Waals surface area contributed by atoms with Crippen LogP contribution >= 0.6 is 0 Å². The lowest BCUT2D eigenvalue weighted by Gasteiger charge is -2.43. The van der Waals surface area contributed by atoms with Gasteiger partial charge in [0.25, 0.3) is 0 Å². The second-order valence-corrected chi connectivity index (χ2v) is 7.45. The van der Waals surface area contributed by atoms with Crippen molar-refractivity contribution in [3.63, 3.8) is 0 Å². The van der Waals surface area contributed by atoms with Crippen LogP contribution < -0.4 is 5.32 Å².